The maximum atomic E-state index is 5.26. The van der Waals surface area contributed by atoms with E-state index in [0.717, 1.165) is 22.8 Å². The standard InChI is InChI=1S/C16H25NOS2/c1-5-17-16(13-6-8-14(18-4)9-7-13)15-10-19-11(2)12(3)20-15/h6-9,11-12,15-17H,5,10H2,1-4H3. The van der Waals surface area contributed by atoms with Gasteiger partial charge in [0.15, 0.2) is 0 Å². The molecule has 1 aromatic carbocycles. The summed E-state index contributed by atoms with van der Waals surface area (Å²) >= 11 is 4.24. The maximum absolute atomic E-state index is 5.26. The van der Waals surface area contributed by atoms with Gasteiger partial charge < -0.3 is 10.1 Å². The van der Waals surface area contributed by atoms with Crippen LogP contribution in [0.2, 0.25) is 0 Å². The van der Waals surface area contributed by atoms with Gasteiger partial charge in [0.1, 0.15) is 5.75 Å². The van der Waals surface area contributed by atoms with E-state index < -0.39 is 0 Å². The summed E-state index contributed by atoms with van der Waals surface area (Å²) in [6, 6.07) is 8.94. The SMILES string of the molecule is CCNC(c1ccc(OC)cc1)C1CSC(C)C(C)S1. The molecule has 0 saturated carbocycles. The smallest absolute Gasteiger partial charge is 0.118 e. The lowest BCUT2D eigenvalue weighted by Gasteiger charge is -2.36. The molecule has 1 aliphatic rings. The molecule has 4 unspecified atom stereocenters. The van der Waals surface area contributed by atoms with Gasteiger partial charge in [-0.1, -0.05) is 32.9 Å². The monoisotopic (exact) mass is 311 g/mol. The molecular formula is C16H25NOS2. The third-order valence-corrected chi connectivity index (χ3v) is 7.34. The molecule has 1 aromatic rings. The molecule has 4 heteroatoms. The van der Waals surface area contributed by atoms with Crippen LogP contribution in [-0.4, -0.2) is 35.2 Å². The zero-order valence-corrected chi connectivity index (χ0v) is 14.4. The molecule has 1 aliphatic heterocycles. The highest BCUT2D eigenvalue weighted by Gasteiger charge is 2.31. The Bertz CT molecular complexity index is 409. The Morgan fingerprint density at radius 1 is 1.25 bits per heavy atom. The summed E-state index contributed by atoms with van der Waals surface area (Å²) in [5, 5.41) is 5.78. The topological polar surface area (TPSA) is 21.3 Å². The largest absolute Gasteiger partial charge is 0.497 e. The van der Waals surface area contributed by atoms with Gasteiger partial charge in [-0.15, -0.1) is 0 Å². The molecule has 0 amide bonds. The van der Waals surface area contributed by atoms with E-state index in [9.17, 15) is 0 Å². The van der Waals surface area contributed by atoms with Crippen LogP contribution < -0.4 is 10.1 Å². The highest BCUT2D eigenvalue weighted by Crippen LogP contribution is 2.41. The molecule has 2 rings (SSSR count). The highest BCUT2D eigenvalue weighted by atomic mass is 32.2. The second-order valence-corrected chi connectivity index (χ2v) is 8.26. The molecule has 0 spiro atoms. The Morgan fingerprint density at radius 2 is 1.95 bits per heavy atom. The van der Waals surface area contributed by atoms with Crippen molar-refractivity contribution in [3.05, 3.63) is 29.8 Å². The summed E-state index contributed by atoms with van der Waals surface area (Å²) in [4.78, 5) is 0. The van der Waals surface area contributed by atoms with E-state index in [2.05, 4.69) is 73.9 Å². The fraction of sp³-hybridized carbons (Fsp3) is 0.625. The number of rotatable bonds is 5. The molecule has 20 heavy (non-hydrogen) atoms. The summed E-state index contributed by atoms with van der Waals surface area (Å²) in [6.45, 7) is 7.88. The molecule has 0 bridgehead atoms. The molecule has 1 heterocycles. The minimum atomic E-state index is 0.429. The van der Waals surface area contributed by atoms with Crippen LogP contribution in [0.1, 0.15) is 32.4 Å². The van der Waals surface area contributed by atoms with Gasteiger partial charge in [0, 0.05) is 27.5 Å². The first-order chi connectivity index (χ1) is 9.65. The Balaban J connectivity index is 2.13. The lowest BCUT2D eigenvalue weighted by molar-refractivity contribution is 0.414. The molecular weight excluding hydrogens is 286 g/mol. The number of nitrogens with one attached hydrogen (secondary N) is 1. The van der Waals surface area contributed by atoms with Crippen molar-refractivity contribution >= 4 is 23.5 Å². The average Bonchev–Trinajstić information content (AvgIpc) is 2.48. The predicted octanol–water partition coefficient (Wildman–Crippen LogP) is 3.97. The molecule has 1 fully saturated rings. The summed E-state index contributed by atoms with van der Waals surface area (Å²) in [7, 11) is 1.72. The number of hydrogen-bond donors (Lipinski definition) is 1. The fourth-order valence-electron chi connectivity index (χ4n) is 2.48. The Hall–Kier alpha value is -0.320. The van der Waals surface area contributed by atoms with Crippen LogP contribution in [0.25, 0.3) is 0 Å². The summed E-state index contributed by atoms with van der Waals surface area (Å²) in [5.74, 6) is 2.15. The first-order valence-corrected chi connectivity index (χ1v) is 9.29. The summed E-state index contributed by atoms with van der Waals surface area (Å²) in [5.41, 5.74) is 1.37. The van der Waals surface area contributed by atoms with Gasteiger partial charge in [0.05, 0.1) is 7.11 Å². The van der Waals surface area contributed by atoms with E-state index in [1.54, 1.807) is 7.11 Å². The number of hydrogen-bond acceptors (Lipinski definition) is 4. The van der Waals surface area contributed by atoms with Crippen molar-refractivity contribution in [3.63, 3.8) is 0 Å². The number of benzene rings is 1. The lowest BCUT2D eigenvalue weighted by atomic mass is 10.0. The third-order valence-electron chi connectivity index (χ3n) is 3.84. The van der Waals surface area contributed by atoms with Crippen LogP contribution in [0.3, 0.4) is 0 Å². The van der Waals surface area contributed by atoms with Crippen LogP contribution >= 0.6 is 23.5 Å². The van der Waals surface area contributed by atoms with E-state index in [1.807, 2.05) is 0 Å². The van der Waals surface area contributed by atoms with Crippen LogP contribution in [0.4, 0.5) is 0 Å². The second-order valence-electron chi connectivity index (χ2n) is 5.23. The molecule has 1 N–H and O–H groups in total. The third kappa shape index (κ3) is 3.86. The number of ether oxygens (including phenoxy) is 1. The van der Waals surface area contributed by atoms with E-state index in [0.29, 0.717) is 11.3 Å². The Morgan fingerprint density at radius 3 is 2.50 bits per heavy atom. The maximum Gasteiger partial charge on any atom is 0.118 e. The highest BCUT2D eigenvalue weighted by molar-refractivity contribution is 8.07. The zero-order chi connectivity index (χ0) is 14.5. The van der Waals surface area contributed by atoms with Crippen LogP contribution in [0, 0.1) is 0 Å². The van der Waals surface area contributed by atoms with E-state index in [1.165, 1.54) is 11.3 Å². The van der Waals surface area contributed by atoms with Crippen molar-refractivity contribution in [3.8, 4) is 5.75 Å². The van der Waals surface area contributed by atoms with Crippen molar-refractivity contribution in [2.45, 2.75) is 42.6 Å². The summed E-state index contributed by atoms with van der Waals surface area (Å²) in [6.07, 6.45) is 0. The number of methoxy groups -OCH3 is 1. The van der Waals surface area contributed by atoms with Crippen LogP contribution in [-0.2, 0) is 0 Å². The molecule has 4 atom stereocenters. The second kappa shape index (κ2) is 7.62. The normalized spacial score (nSPS) is 28.1. The average molecular weight is 312 g/mol. The molecule has 112 valence electrons. The summed E-state index contributed by atoms with van der Waals surface area (Å²) < 4.78 is 5.26. The van der Waals surface area contributed by atoms with Crippen LogP contribution in [0.15, 0.2) is 24.3 Å². The molecule has 1 saturated heterocycles. The van der Waals surface area contributed by atoms with E-state index in [4.69, 9.17) is 4.74 Å². The predicted molar refractivity (Wildman–Crippen MR) is 92.2 cm³/mol. The minimum Gasteiger partial charge on any atom is -0.497 e. The van der Waals surface area contributed by atoms with Gasteiger partial charge in [0.2, 0.25) is 0 Å². The van der Waals surface area contributed by atoms with Crippen molar-refractivity contribution in [1.82, 2.24) is 5.32 Å². The van der Waals surface area contributed by atoms with Crippen LogP contribution in [0.5, 0.6) is 5.75 Å². The fourth-order valence-corrected chi connectivity index (χ4v) is 5.60. The molecule has 0 aliphatic carbocycles. The molecule has 0 radical (unpaired) electrons. The first kappa shape index (κ1) is 16.1. The van der Waals surface area contributed by atoms with Gasteiger partial charge in [-0.25, -0.2) is 0 Å². The van der Waals surface area contributed by atoms with Gasteiger partial charge in [-0.05, 0) is 24.2 Å². The Labute approximate surface area is 131 Å². The van der Waals surface area contributed by atoms with E-state index in [-0.39, 0.29) is 0 Å². The van der Waals surface area contributed by atoms with Crippen molar-refractivity contribution in [2.24, 2.45) is 0 Å². The molecule has 0 aromatic heterocycles. The number of thioether (sulfide) groups is 2. The first-order valence-electron chi connectivity index (χ1n) is 7.30. The van der Waals surface area contributed by atoms with Crippen molar-refractivity contribution < 1.29 is 4.74 Å². The van der Waals surface area contributed by atoms with Gasteiger partial charge in [-0.3, -0.25) is 0 Å². The zero-order valence-electron chi connectivity index (χ0n) is 12.8. The Kier molecular flexibility index (Phi) is 6.12. The van der Waals surface area contributed by atoms with Gasteiger partial charge >= 0.3 is 0 Å². The van der Waals surface area contributed by atoms with Gasteiger partial charge in [0.25, 0.3) is 0 Å². The minimum absolute atomic E-state index is 0.429. The van der Waals surface area contributed by atoms with Crippen molar-refractivity contribution in [1.29, 1.82) is 0 Å². The quantitative estimate of drug-likeness (QED) is 0.888. The molecule has 2 nitrogen and oxygen atoms in total. The van der Waals surface area contributed by atoms with E-state index >= 15 is 0 Å². The van der Waals surface area contributed by atoms with Crippen molar-refractivity contribution in [2.75, 3.05) is 19.4 Å². The van der Waals surface area contributed by atoms with Gasteiger partial charge in [-0.2, -0.15) is 23.5 Å². The lowest BCUT2D eigenvalue weighted by Crippen LogP contribution is -2.37.